The number of aliphatic hydroxyl groups is 1. The molecule has 3 nitrogen and oxygen atoms in total. The molecule has 0 radical (unpaired) electrons. The van der Waals surface area contributed by atoms with Gasteiger partial charge in [-0.15, -0.1) is 0 Å². The fourth-order valence-corrected chi connectivity index (χ4v) is 2.37. The minimum Gasteiger partial charge on any atom is -0.384 e. The molecule has 0 saturated heterocycles. The third kappa shape index (κ3) is 3.88. The van der Waals surface area contributed by atoms with Crippen molar-refractivity contribution in [1.82, 2.24) is 10.3 Å². The van der Waals surface area contributed by atoms with Crippen LogP contribution >= 0.6 is 15.9 Å². The molecule has 1 aromatic heterocycles. The van der Waals surface area contributed by atoms with Gasteiger partial charge in [0.2, 0.25) is 0 Å². The second-order valence-corrected chi connectivity index (χ2v) is 5.77. The van der Waals surface area contributed by atoms with Crippen LogP contribution in [-0.4, -0.2) is 16.6 Å². The quantitative estimate of drug-likeness (QED) is 0.852. The van der Waals surface area contributed by atoms with Gasteiger partial charge < -0.3 is 10.4 Å². The Morgan fingerprint density at radius 3 is 2.40 bits per heavy atom. The van der Waals surface area contributed by atoms with Crippen LogP contribution in [0.15, 0.2) is 53.3 Å². The lowest BCUT2D eigenvalue weighted by molar-refractivity contribution is 0.0323. The molecule has 106 valence electrons. The summed E-state index contributed by atoms with van der Waals surface area (Å²) in [6.07, 6.45) is 4.22. The number of pyridine rings is 1. The van der Waals surface area contributed by atoms with Crippen LogP contribution in [0.4, 0.5) is 0 Å². The molecule has 0 amide bonds. The van der Waals surface area contributed by atoms with E-state index in [4.69, 9.17) is 0 Å². The fourth-order valence-electron chi connectivity index (χ4n) is 2.11. The molecule has 0 fully saturated rings. The van der Waals surface area contributed by atoms with Crippen LogP contribution < -0.4 is 5.32 Å². The Balaban J connectivity index is 1.99. The van der Waals surface area contributed by atoms with Gasteiger partial charge in [0, 0.05) is 30.0 Å². The molecule has 1 heterocycles. The highest BCUT2D eigenvalue weighted by atomic mass is 79.9. The number of hydrogen-bond donors (Lipinski definition) is 2. The molecule has 0 spiro atoms. The number of aromatic nitrogens is 1. The molecule has 2 rings (SSSR count). The summed E-state index contributed by atoms with van der Waals surface area (Å²) in [5.74, 6) is 0. The van der Waals surface area contributed by atoms with Crippen molar-refractivity contribution in [3.8, 4) is 0 Å². The third-order valence-electron chi connectivity index (χ3n) is 3.46. The van der Waals surface area contributed by atoms with E-state index in [1.807, 2.05) is 43.3 Å². The number of nitrogens with zero attached hydrogens (tertiary/aromatic N) is 1. The van der Waals surface area contributed by atoms with E-state index in [1.165, 1.54) is 0 Å². The Bertz CT molecular complexity index is 530. The number of benzene rings is 1. The number of rotatable bonds is 6. The van der Waals surface area contributed by atoms with Crippen molar-refractivity contribution < 1.29 is 5.11 Å². The highest BCUT2D eigenvalue weighted by Gasteiger charge is 2.26. The van der Waals surface area contributed by atoms with Crippen molar-refractivity contribution in [3.63, 3.8) is 0 Å². The largest absolute Gasteiger partial charge is 0.384 e. The van der Waals surface area contributed by atoms with E-state index in [2.05, 4.69) is 26.2 Å². The highest BCUT2D eigenvalue weighted by Crippen LogP contribution is 2.25. The molecule has 2 N–H and O–H groups in total. The number of halogens is 1. The van der Waals surface area contributed by atoms with Crippen LogP contribution in [0.3, 0.4) is 0 Å². The van der Waals surface area contributed by atoms with E-state index >= 15 is 0 Å². The van der Waals surface area contributed by atoms with Crippen LogP contribution in [-0.2, 0) is 12.1 Å². The van der Waals surface area contributed by atoms with Crippen LogP contribution in [0.2, 0.25) is 0 Å². The molecule has 0 saturated carbocycles. The summed E-state index contributed by atoms with van der Waals surface area (Å²) in [6.45, 7) is 3.24. The molecule has 20 heavy (non-hydrogen) atoms. The van der Waals surface area contributed by atoms with Crippen molar-refractivity contribution in [2.75, 3.05) is 6.54 Å². The van der Waals surface area contributed by atoms with Crippen molar-refractivity contribution in [1.29, 1.82) is 0 Å². The molecular formula is C16H19BrN2O. The van der Waals surface area contributed by atoms with Crippen LogP contribution in [0.5, 0.6) is 0 Å². The minimum atomic E-state index is -0.840. The Morgan fingerprint density at radius 1 is 1.15 bits per heavy atom. The maximum Gasteiger partial charge on any atom is 0.102 e. The van der Waals surface area contributed by atoms with Gasteiger partial charge in [0.05, 0.1) is 0 Å². The van der Waals surface area contributed by atoms with E-state index < -0.39 is 5.60 Å². The summed E-state index contributed by atoms with van der Waals surface area (Å²) >= 11 is 3.41. The van der Waals surface area contributed by atoms with Gasteiger partial charge in [-0.25, -0.2) is 0 Å². The summed E-state index contributed by atoms with van der Waals surface area (Å²) in [4.78, 5) is 3.99. The molecule has 2 aromatic rings. The second kappa shape index (κ2) is 6.97. The number of hydrogen-bond acceptors (Lipinski definition) is 3. The van der Waals surface area contributed by atoms with Crippen molar-refractivity contribution >= 4 is 15.9 Å². The summed E-state index contributed by atoms with van der Waals surface area (Å²) in [5.41, 5.74) is 1.26. The Morgan fingerprint density at radius 2 is 1.80 bits per heavy atom. The molecular weight excluding hydrogens is 316 g/mol. The maximum absolute atomic E-state index is 10.8. The molecule has 0 bridgehead atoms. The molecule has 4 heteroatoms. The monoisotopic (exact) mass is 334 g/mol. The average Bonchev–Trinajstić information content (AvgIpc) is 2.49. The van der Waals surface area contributed by atoms with Crippen LogP contribution in [0, 0.1) is 0 Å². The predicted octanol–water partition coefficient (Wildman–Crippen LogP) is 3.23. The van der Waals surface area contributed by atoms with Crippen molar-refractivity contribution in [2.45, 2.75) is 25.5 Å². The first-order chi connectivity index (χ1) is 9.64. The van der Waals surface area contributed by atoms with Gasteiger partial charge >= 0.3 is 0 Å². The highest BCUT2D eigenvalue weighted by molar-refractivity contribution is 9.10. The minimum absolute atomic E-state index is 0.521. The lowest BCUT2D eigenvalue weighted by atomic mass is 9.91. The van der Waals surface area contributed by atoms with E-state index in [-0.39, 0.29) is 0 Å². The van der Waals surface area contributed by atoms with Gasteiger partial charge in [-0.1, -0.05) is 35.0 Å². The smallest absolute Gasteiger partial charge is 0.102 e. The summed E-state index contributed by atoms with van der Waals surface area (Å²) in [6, 6.07) is 11.8. The Kier molecular flexibility index (Phi) is 5.29. The normalized spacial score (nSPS) is 13.9. The van der Waals surface area contributed by atoms with E-state index in [9.17, 15) is 5.11 Å². The first-order valence-corrected chi connectivity index (χ1v) is 7.51. The molecule has 0 aliphatic carbocycles. The average molecular weight is 335 g/mol. The van der Waals surface area contributed by atoms with Gasteiger partial charge in [-0.3, -0.25) is 4.98 Å². The Labute approximate surface area is 128 Å². The van der Waals surface area contributed by atoms with Gasteiger partial charge in [0.15, 0.2) is 0 Å². The van der Waals surface area contributed by atoms with Crippen LogP contribution in [0.1, 0.15) is 24.5 Å². The topological polar surface area (TPSA) is 45.1 Å². The van der Waals surface area contributed by atoms with Gasteiger partial charge in [-0.05, 0) is 41.8 Å². The molecule has 0 aliphatic heterocycles. The SMILES string of the molecule is CC[C@](O)(CNCc1ccncc1)c1ccc(Br)cc1. The number of nitrogens with one attached hydrogen (secondary N) is 1. The first kappa shape index (κ1) is 15.2. The molecule has 1 aromatic carbocycles. The standard InChI is InChI=1S/C16H19BrN2O/c1-2-16(20,14-3-5-15(17)6-4-14)12-19-11-13-7-9-18-10-8-13/h3-10,19-20H,2,11-12H2,1H3/t16-/m0/s1. The van der Waals surface area contributed by atoms with E-state index in [0.29, 0.717) is 13.0 Å². The van der Waals surface area contributed by atoms with Gasteiger partial charge in [0.25, 0.3) is 0 Å². The molecule has 0 unspecified atom stereocenters. The molecule has 0 aliphatic rings. The summed E-state index contributed by atoms with van der Waals surface area (Å²) in [5, 5.41) is 14.1. The van der Waals surface area contributed by atoms with Gasteiger partial charge in [-0.2, -0.15) is 0 Å². The zero-order chi connectivity index (χ0) is 14.4. The second-order valence-electron chi connectivity index (χ2n) is 4.85. The maximum atomic E-state index is 10.8. The predicted molar refractivity (Wildman–Crippen MR) is 84.3 cm³/mol. The van der Waals surface area contributed by atoms with Gasteiger partial charge in [0.1, 0.15) is 5.60 Å². The lowest BCUT2D eigenvalue weighted by Gasteiger charge is -2.28. The zero-order valence-electron chi connectivity index (χ0n) is 11.5. The lowest BCUT2D eigenvalue weighted by Crippen LogP contribution is -2.37. The summed E-state index contributed by atoms with van der Waals surface area (Å²) < 4.78 is 1.02. The fraction of sp³-hybridized carbons (Fsp3) is 0.312. The zero-order valence-corrected chi connectivity index (χ0v) is 13.1. The summed E-state index contributed by atoms with van der Waals surface area (Å²) in [7, 11) is 0. The van der Waals surface area contributed by atoms with Crippen molar-refractivity contribution in [3.05, 3.63) is 64.4 Å². The van der Waals surface area contributed by atoms with Crippen LogP contribution in [0.25, 0.3) is 0 Å². The third-order valence-corrected chi connectivity index (χ3v) is 3.99. The molecule has 1 atom stereocenters. The first-order valence-electron chi connectivity index (χ1n) is 6.72. The van der Waals surface area contributed by atoms with E-state index in [1.54, 1.807) is 12.4 Å². The van der Waals surface area contributed by atoms with E-state index in [0.717, 1.165) is 22.1 Å². The Hall–Kier alpha value is -1.23. The van der Waals surface area contributed by atoms with Crippen molar-refractivity contribution in [2.24, 2.45) is 0 Å².